The molecule has 2 saturated carbocycles. The van der Waals surface area contributed by atoms with Crippen molar-refractivity contribution in [3.8, 4) is 45.3 Å². The molecular weight excluding hydrogens is 959 g/mol. The average molecular weight is 1030 g/mol. The minimum Gasteiger partial charge on any atom is -0.457 e. The number of anilines is 3. The number of hydrogen-bond acceptors (Lipinski definition) is 3. The molecule has 0 saturated heterocycles. The zero-order chi connectivity index (χ0) is 53.4. The molecule has 3 nitrogen and oxygen atoms in total. The molecule has 2 heterocycles. The number of hydrogen-bond donors (Lipinski definition) is 0. The zero-order valence-corrected chi connectivity index (χ0v) is 46.9. The van der Waals surface area contributed by atoms with E-state index in [-0.39, 0.29) is 10.8 Å². The second-order valence-corrected chi connectivity index (χ2v) is 26.0. The summed E-state index contributed by atoms with van der Waals surface area (Å²) < 4.78 is 14.3. The van der Waals surface area contributed by atoms with Crippen LogP contribution in [0.4, 0.5) is 17.1 Å². The molecule has 15 rings (SSSR count). The molecule has 4 aliphatic carbocycles. The maximum absolute atomic E-state index is 7.20. The fourth-order valence-corrected chi connectivity index (χ4v) is 15.5. The lowest BCUT2D eigenvalue weighted by molar-refractivity contribution is 0.424. The summed E-state index contributed by atoms with van der Waals surface area (Å²) in [7, 11) is 0. The largest absolute Gasteiger partial charge is 0.457 e. The number of para-hydroxylation sites is 2. The van der Waals surface area contributed by atoms with Crippen molar-refractivity contribution in [2.24, 2.45) is 0 Å². The molecule has 0 amide bonds. The van der Waals surface area contributed by atoms with Gasteiger partial charge in [-0.2, -0.15) is 0 Å². The van der Waals surface area contributed by atoms with Gasteiger partial charge in [-0.3, -0.25) is 0 Å². The first-order valence-electron chi connectivity index (χ1n) is 29.7. The lowest BCUT2D eigenvalue weighted by Crippen LogP contribution is -2.33. The second-order valence-electron chi connectivity index (χ2n) is 26.0. The van der Waals surface area contributed by atoms with Crippen LogP contribution in [0.3, 0.4) is 0 Å². The van der Waals surface area contributed by atoms with Crippen molar-refractivity contribution in [1.29, 1.82) is 0 Å². The highest BCUT2D eigenvalue weighted by Crippen LogP contribution is 2.66. The average Bonchev–Trinajstić information content (AvgIpc) is 2.26. The van der Waals surface area contributed by atoms with Gasteiger partial charge in [-0.25, -0.2) is 0 Å². The fourth-order valence-electron chi connectivity index (χ4n) is 15.5. The molecule has 6 aliphatic rings. The van der Waals surface area contributed by atoms with Gasteiger partial charge >= 0.3 is 0 Å². The number of benzene rings is 9. The van der Waals surface area contributed by atoms with Crippen LogP contribution < -0.4 is 14.4 Å². The van der Waals surface area contributed by atoms with Crippen molar-refractivity contribution in [2.75, 3.05) is 4.90 Å². The molecule has 2 aliphatic heterocycles. The highest BCUT2D eigenvalue weighted by atomic mass is 16.5. The van der Waals surface area contributed by atoms with E-state index in [1.54, 1.807) is 0 Å². The van der Waals surface area contributed by atoms with E-state index in [4.69, 9.17) is 9.47 Å². The van der Waals surface area contributed by atoms with Gasteiger partial charge < -0.3 is 14.4 Å². The summed E-state index contributed by atoms with van der Waals surface area (Å²) in [6.45, 7) is 14.0. The standard InChI is InChI=1S/C76H71NO2/c1-73(2,3)52-32-36-58-59-37-33-53(74(4,5)6)45-64(59)76(63(58)44-52)62-28-18-19-29-69(62)78-72-41-35-56(47-68(72)76)77(54-24-14-9-15-25-54)55-34-38-60-57-26-16-17-27-61(57)75(65(60)46-55)66-42-50(48-20-10-7-11-21-48)30-39-70(66)79-71-40-31-51(43-67(71)75)49-22-12-8-13-23-49/h9,14-19,24-49H,7-8,10-13,20-23H2,1-6H3. The molecule has 9 aromatic rings. The molecule has 9 aromatic carbocycles. The van der Waals surface area contributed by atoms with Gasteiger partial charge in [0.15, 0.2) is 0 Å². The lowest BCUT2D eigenvalue weighted by atomic mass is 9.64. The Balaban J connectivity index is 0.989. The second kappa shape index (κ2) is 18.0. The summed E-state index contributed by atoms with van der Waals surface area (Å²) in [5.74, 6) is 4.81. The molecule has 79 heavy (non-hydrogen) atoms. The molecule has 0 atom stereocenters. The summed E-state index contributed by atoms with van der Waals surface area (Å²) in [6, 6.07) is 72.8. The Labute approximate surface area is 468 Å². The van der Waals surface area contributed by atoms with E-state index in [2.05, 4.69) is 234 Å². The first kappa shape index (κ1) is 48.5. The van der Waals surface area contributed by atoms with Crippen LogP contribution in [0.25, 0.3) is 22.3 Å². The highest BCUT2D eigenvalue weighted by Gasteiger charge is 2.54. The van der Waals surface area contributed by atoms with Gasteiger partial charge in [0, 0.05) is 39.3 Å². The summed E-state index contributed by atoms with van der Waals surface area (Å²) >= 11 is 0. The van der Waals surface area contributed by atoms with E-state index in [1.165, 1.54) is 148 Å². The van der Waals surface area contributed by atoms with Gasteiger partial charge in [-0.05, 0) is 176 Å². The Kier molecular flexibility index (Phi) is 11.0. The van der Waals surface area contributed by atoms with Gasteiger partial charge in [-0.1, -0.05) is 207 Å². The van der Waals surface area contributed by atoms with Crippen molar-refractivity contribution in [3.63, 3.8) is 0 Å². The Morgan fingerprint density at radius 2 is 0.734 bits per heavy atom. The molecule has 0 bridgehead atoms. The smallest absolute Gasteiger partial charge is 0.132 e. The minimum atomic E-state index is -0.666. The maximum atomic E-state index is 7.20. The van der Waals surface area contributed by atoms with Crippen LogP contribution >= 0.6 is 0 Å². The Bertz CT molecular complexity index is 3780. The minimum absolute atomic E-state index is 0.0635. The monoisotopic (exact) mass is 1030 g/mol. The van der Waals surface area contributed by atoms with E-state index in [0.29, 0.717) is 11.8 Å². The van der Waals surface area contributed by atoms with Crippen molar-refractivity contribution < 1.29 is 9.47 Å². The van der Waals surface area contributed by atoms with Gasteiger partial charge in [0.05, 0.1) is 10.8 Å². The molecule has 0 unspecified atom stereocenters. The van der Waals surface area contributed by atoms with Crippen LogP contribution in [0.2, 0.25) is 0 Å². The third kappa shape index (κ3) is 7.30. The molecule has 0 N–H and O–H groups in total. The van der Waals surface area contributed by atoms with Gasteiger partial charge in [0.1, 0.15) is 23.0 Å². The predicted molar refractivity (Wildman–Crippen MR) is 325 cm³/mol. The van der Waals surface area contributed by atoms with Crippen LogP contribution in [0, 0.1) is 0 Å². The van der Waals surface area contributed by atoms with Gasteiger partial charge in [0.25, 0.3) is 0 Å². The van der Waals surface area contributed by atoms with E-state index in [9.17, 15) is 0 Å². The quantitative estimate of drug-likeness (QED) is 0.171. The third-order valence-electron chi connectivity index (χ3n) is 19.5. The zero-order valence-electron chi connectivity index (χ0n) is 46.9. The van der Waals surface area contributed by atoms with Crippen LogP contribution in [-0.2, 0) is 21.7 Å². The fraction of sp³-hybridized carbons (Fsp3) is 0.289. The molecule has 3 heteroatoms. The number of fused-ring (bicyclic) bond motifs is 18. The number of ether oxygens (including phenoxy) is 2. The van der Waals surface area contributed by atoms with Gasteiger partial charge in [-0.15, -0.1) is 0 Å². The Morgan fingerprint density at radius 3 is 1.29 bits per heavy atom. The predicted octanol–water partition coefficient (Wildman–Crippen LogP) is 20.8. The number of nitrogens with zero attached hydrogens (tertiary/aromatic N) is 1. The summed E-state index contributed by atoms with van der Waals surface area (Å²) in [6.07, 6.45) is 12.8. The van der Waals surface area contributed by atoms with E-state index in [0.717, 1.165) is 45.6 Å². The molecule has 2 fully saturated rings. The van der Waals surface area contributed by atoms with Crippen molar-refractivity contribution in [1.82, 2.24) is 0 Å². The van der Waals surface area contributed by atoms with Crippen molar-refractivity contribution in [2.45, 2.75) is 139 Å². The normalized spacial score (nSPS) is 17.3. The Morgan fingerprint density at radius 1 is 0.329 bits per heavy atom. The number of rotatable bonds is 5. The van der Waals surface area contributed by atoms with Crippen molar-refractivity contribution >= 4 is 17.1 Å². The van der Waals surface area contributed by atoms with E-state index >= 15 is 0 Å². The van der Waals surface area contributed by atoms with E-state index in [1.807, 2.05) is 0 Å². The highest BCUT2D eigenvalue weighted by molar-refractivity contribution is 5.93. The molecular formula is C76H71NO2. The molecule has 392 valence electrons. The van der Waals surface area contributed by atoms with Crippen LogP contribution in [0.5, 0.6) is 23.0 Å². The summed E-state index contributed by atoms with van der Waals surface area (Å²) in [4.78, 5) is 2.51. The van der Waals surface area contributed by atoms with E-state index < -0.39 is 10.8 Å². The molecule has 2 spiro atoms. The Hall–Kier alpha value is -7.62. The van der Waals surface area contributed by atoms with Crippen LogP contribution in [0.15, 0.2) is 188 Å². The first-order chi connectivity index (χ1) is 38.4. The first-order valence-corrected chi connectivity index (χ1v) is 29.7. The topological polar surface area (TPSA) is 21.7 Å². The van der Waals surface area contributed by atoms with Gasteiger partial charge in [0.2, 0.25) is 0 Å². The summed E-state index contributed by atoms with van der Waals surface area (Å²) in [5.41, 5.74) is 22.8. The van der Waals surface area contributed by atoms with Crippen LogP contribution in [-0.4, -0.2) is 0 Å². The molecule has 0 aromatic heterocycles. The van der Waals surface area contributed by atoms with Crippen LogP contribution in [0.1, 0.15) is 184 Å². The maximum Gasteiger partial charge on any atom is 0.132 e. The SMILES string of the molecule is CC(C)(C)c1ccc2c(c1)C1(c3ccccc3Oc3ccc(N(c4ccccc4)c4ccc5c(c4)C4(c6cc(C7CCCCC7)ccc6Oc6ccc(C7CCCCC7)cc64)c4ccccc4-5)cc31)c1cc(C(C)(C)C)ccc1-2. The summed E-state index contributed by atoms with van der Waals surface area (Å²) in [5, 5.41) is 0. The van der Waals surface area contributed by atoms with Crippen molar-refractivity contribution in [3.05, 3.63) is 255 Å². The third-order valence-corrected chi connectivity index (χ3v) is 19.5. The lowest BCUT2D eigenvalue weighted by Gasteiger charge is -2.41. The molecule has 0 radical (unpaired) electrons.